The summed E-state index contributed by atoms with van der Waals surface area (Å²) in [5.74, 6) is -0.772. The second-order valence-corrected chi connectivity index (χ2v) is 2.85. The summed E-state index contributed by atoms with van der Waals surface area (Å²) >= 11 is 0. The second-order valence-electron chi connectivity index (χ2n) is 2.85. The maximum Gasteiger partial charge on any atom is 0.341 e. The lowest BCUT2D eigenvalue weighted by atomic mass is 10.2. The maximum atomic E-state index is 10.2. The Morgan fingerprint density at radius 2 is 2.29 bits per heavy atom. The van der Waals surface area contributed by atoms with Gasteiger partial charge in [0, 0.05) is 6.07 Å². The molecule has 0 radical (unpaired) electrons. The van der Waals surface area contributed by atoms with Gasteiger partial charge in [0.05, 0.1) is 5.69 Å². The normalized spacial score (nSPS) is 9.86. The molecule has 0 aromatic carbocycles. The number of hydrogen-bond acceptors (Lipinski definition) is 4. The maximum absolute atomic E-state index is 10.2. The highest BCUT2D eigenvalue weighted by Gasteiger charge is 2.04. The highest BCUT2D eigenvalue weighted by atomic mass is 16.5. The van der Waals surface area contributed by atoms with E-state index in [1.165, 1.54) is 0 Å². The van der Waals surface area contributed by atoms with Crippen molar-refractivity contribution in [1.29, 1.82) is 0 Å². The number of carboxylic acids is 1. The Hall–Kier alpha value is -1.65. The molecule has 1 rings (SSSR count). The summed E-state index contributed by atoms with van der Waals surface area (Å²) in [7, 11) is 0. The summed E-state index contributed by atoms with van der Waals surface area (Å²) in [6.07, 6.45) is 0.804. The van der Waals surface area contributed by atoms with E-state index >= 15 is 0 Å². The number of hydrogen-bond donors (Lipinski definition) is 1. The van der Waals surface area contributed by atoms with Crippen LogP contribution in [-0.4, -0.2) is 27.9 Å². The van der Waals surface area contributed by atoms with Crippen LogP contribution in [0, 0.1) is 6.92 Å². The van der Waals surface area contributed by atoms with E-state index in [-0.39, 0.29) is 12.5 Å². The zero-order valence-corrected chi connectivity index (χ0v) is 8.15. The van der Waals surface area contributed by atoms with E-state index in [0.717, 1.165) is 17.7 Å². The predicted octanol–water partition coefficient (Wildman–Crippen LogP) is 0.811. The molecule has 0 spiro atoms. The van der Waals surface area contributed by atoms with Gasteiger partial charge in [-0.1, -0.05) is 6.92 Å². The first-order valence-electron chi connectivity index (χ1n) is 4.31. The molecule has 0 saturated heterocycles. The third-order valence-corrected chi connectivity index (χ3v) is 1.74. The molecule has 0 amide bonds. The Kier molecular flexibility index (Phi) is 3.39. The van der Waals surface area contributed by atoms with Gasteiger partial charge in [-0.15, -0.1) is 5.10 Å². The van der Waals surface area contributed by atoms with Crippen LogP contribution < -0.4 is 4.74 Å². The van der Waals surface area contributed by atoms with E-state index in [0.29, 0.717) is 0 Å². The summed E-state index contributed by atoms with van der Waals surface area (Å²) < 4.78 is 4.87. The summed E-state index contributed by atoms with van der Waals surface area (Å²) in [6.45, 7) is 3.48. The van der Waals surface area contributed by atoms with Gasteiger partial charge >= 0.3 is 5.97 Å². The number of rotatable bonds is 4. The van der Waals surface area contributed by atoms with Crippen molar-refractivity contribution in [3.8, 4) is 5.88 Å². The number of carboxylic acid groups (broad SMARTS) is 1. The van der Waals surface area contributed by atoms with Crippen LogP contribution in [-0.2, 0) is 11.2 Å². The minimum absolute atomic E-state index is 0.252. The summed E-state index contributed by atoms with van der Waals surface area (Å²) in [5, 5.41) is 16.0. The van der Waals surface area contributed by atoms with Crippen LogP contribution in [0.5, 0.6) is 5.88 Å². The molecule has 0 unspecified atom stereocenters. The topological polar surface area (TPSA) is 72.3 Å². The first-order valence-corrected chi connectivity index (χ1v) is 4.31. The van der Waals surface area contributed by atoms with Crippen molar-refractivity contribution < 1.29 is 14.6 Å². The third-order valence-electron chi connectivity index (χ3n) is 1.74. The summed E-state index contributed by atoms with van der Waals surface area (Å²) in [5.41, 5.74) is 1.86. The average Bonchev–Trinajstić information content (AvgIpc) is 2.15. The van der Waals surface area contributed by atoms with Crippen molar-refractivity contribution in [3.05, 3.63) is 17.3 Å². The zero-order valence-electron chi connectivity index (χ0n) is 8.15. The fraction of sp³-hybridized carbons (Fsp3) is 0.444. The van der Waals surface area contributed by atoms with E-state index in [2.05, 4.69) is 10.2 Å². The second kappa shape index (κ2) is 4.55. The molecule has 76 valence electrons. The van der Waals surface area contributed by atoms with Crippen LogP contribution in [0.3, 0.4) is 0 Å². The van der Waals surface area contributed by atoms with Crippen molar-refractivity contribution in [2.24, 2.45) is 0 Å². The first kappa shape index (κ1) is 10.4. The monoisotopic (exact) mass is 196 g/mol. The molecule has 1 N–H and O–H groups in total. The van der Waals surface area contributed by atoms with Crippen molar-refractivity contribution in [1.82, 2.24) is 10.2 Å². The van der Waals surface area contributed by atoms with Crippen LogP contribution in [0.25, 0.3) is 0 Å². The number of aryl methyl sites for hydroxylation is 2. The van der Waals surface area contributed by atoms with E-state index in [9.17, 15) is 4.79 Å². The van der Waals surface area contributed by atoms with Gasteiger partial charge in [-0.05, 0) is 18.9 Å². The van der Waals surface area contributed by atoms with Gasteiger partial charge in [0.15, 0.2) is 6.61 Å². The summed E-state index contributed by atoms with van der Waals surface area (Å²) in [6, 6.07) is 1.69. The quantitative estimate of drug-likeness (QED) is 0.771. The molecular formula is C9H12N2O3. The smallest absolute Gasteiger partial charge is 0.341 e. The van der Waals surface area contributed by atoms with E-state index in [1.54, 1.807) is 6.07 Å². The first-order chi connectivity index (χ1) is 6.63. The molecule has 0 fully saturated rings. The molecule has 0 aliphatic rings. The van der Waals surface area contributed by atoms with E-state index in [4.69, 9.17) is 9.84 Å². The number of aliphatic carboxylic acids is 1. The fourth-order valence-corrected chi connectivity index (χ4v) is 1.04. The SMILES string of the molecule is CCc1nnc(OCC(=O)O)cc1C. The molecule has 14 heavy (non-hydrogen) atoms. The standard InChI is InChI=1S/C9H12N2O3/c1-3-7-6(2)4-8(11-10-7)14-5-9(12)13/h4H,3,5H2,1-2H3,(H,12,13). The van der Waals surface area contributed by atoms with Crippen LogP contribution in [0.2, 0.25) is 0 Å². The van der Waals surface area contributed by atoms with Crippen LogP contribution in [0.4, 0.5) is 0 Å². The molecule has 0 aliphatic carbocycles. The van der Waals surface area contributed by atoms with Crippen molar-refractivity contribution in [2.45, 2.75) is 20.3 Å². The van der Waals surface area contributed by atoms with E-state index in [1.807, 2.05) is 13.8 Å². The van der Waals surface area contributed by atoms with Crippen molar-refractivity contribution >= 4 is 5.97 Å². The van der Waals surface area contributed by atoms with Gasteiger partial charge in [-0.3, -0.25) is 0 Å². The Balaban J connectivity index is 2.71. The van der Waals surface area contributed by atoms with Crippen LogP contribution in [0.15, 0.2) is 6.07 Å². The molecule has 1 aromatic heterocycles. The summed E-state index contributed by atoms with van der Waals surface area (Å²) in [4.78, 5) is 10.2. The molecule has 0 saturated carbocycles. The number of aromatic nitrogens is 2. The molecule has 1 heterocycles. The third kappa shape index (κ3) is 2.69. The lowest BCUT2D eigenvalue weighted by Gasteiger charge is -2.04. The molecule has 5 heteroatoms. The molecule has 0 aliphatic heterocycles. The van der Waals surface area contributed by atoms with Crippen molar-refractivity contribution in [2.75, 3.05) is 6.61 Å². The van der Waals surface area contributed by atoms with Gasteiger partial charge in [0.1, 0.15) is 0 Å². The fourth-order valence-electron chi connectivity index (χ4n) is 1.04. The Labute approximate surface area is 81.7 Å². The largest absolute Gasteiger partial charge is 0.479 e. The Morgan fingerprint density at radius 1 is 1.57 bits per heavy atom. The Morgan fingerprint density at radius 3 is 2.79 bits per heavy atom. The number of ether oxygens (including phenoxy) is 1. The van der Waals surface area contributed by atoms with Crippen molar-refractivity contribution in [3.63, 3.8) is 0 Å². The Bertz CT molecular complexity index is 339. The van der Waals surface area contributed by atoms with Gasteiger partial charge in [0.2, 0.25) is 5.88 Å². The lowest BCUT2D eigenvalue weighted by molar-refractivity contribution is -0.139. The zero-order chi connectivity index (χ0) is 10.6. The number of nitrogens with zero attached hydrogens (tertiary/aromatic N) is 2. The molecule has 1 aromatic rings. The van der Waals surface area contributed by atoms with Gasteiger partial charge in [-0.2, -0.15) is 5.10 Å². The molecule has 0 bridgehead atoms. The van der Waals surface area contributed by atoms with Crippen LogP contribution >= 0.6 is 0 Å². The minimum Gasteiger partial charge on any atom is -0.479 e. The van der Waals surface area contributed by atoms with E-state index < -0.39 is 5.97 Å². The highest BCUT2D eigenvalue weighted by molar-refractivity contribution is 5.68. The average molecular weight is 196 g/mol. The van der Waals surface area contributed by atoms with Gasteiger partial charge in [0.25, 0.3) is 0 Å². The molecule has 5 nitrogen and oxygen atoms in total. The van der Waals surface area contributed by atoms with Gasteiger partial charge in [-0.25, -0.2) is 4.79 Å². The minimum atomic E-state index is -1.02. The van der Waals surface area contributed by atoms with Crippen LogP contribution in [0.1, 0.15) is 18.2 Å². The van der Waals surface area contributed by atoms with Gasteiger partial charge < -0.3 is 9.84 Å². The highest BCUT2D eigenvalue weighted by Crippen LogP contribution is 2.11. The predicted molar refractivity (Wildman–Crippen MR) is 49.3 cm³/mol. The lowest BCUT2D eigenvalue weighted by Crippen LogP contribution is -2.11. The molecular weight excluding hydrogens is 184 g/mol. The molecule has 0 atom stereocenters. The number of carbonyl (C=O) groups is 1.